The lowest BCUT2D eigenvalue weighted by Crippen LogP contribution is -2.22. The smallest absolute Gasteiger partial charge is 0.255 e. The molecule has 0 aliphatic heterocycles. The van der Waals surface area contributed by atoms with E-state index in [0.29, 0.717) is 5.56 Å². The lowest BCUT2D eigenvalue weighted by molar-refractivity contribution is -0.119. The van der Waals surface area contributed by atoms with Crippen molar-refractivity contribution in [3.63, 3.8) is 0 Å². The zero-order chi connectivity index (χ0) is 18.1. The van der Waals surface area contributed by atoms with Crippen LogP contribution in [0.2, 0.25) is 10.0 Å². The van der Waals surface area contributed by atoms with Crippen LogP contribution in [-0.2, 0) is 4.79 Å². The third-order valence-electron chi connectivity index (χ3n) is 3.54. The summed E-state index contributed by atoms with van der Waals surface area (Å²) >= 11 is 12.1. The maximum atomic E-state index is 12.9. The molecule has 25 heavy (non-hydrogen) atoms. The number of amides is 1. The number of hydrogen-bond donors (Lipinski definition) is 1. The second-order valence-corrected chi connectivity index (χ2v) is 6.32. The first kappa shape index (κ1) is 17.3. The van der Waals surface area contributed by atoms with Gasteiger partial charge in [0.25, 0.3) is 5.91 Å². The fourth-order valence-corrected chi connectivity index (χ4v) is 2.91. The van der Waals surface area contributed by atoms with Crippen LogP contribution in [-0.4, -0.2) is 12.5 Å². The molecule has 0 aliphatic carbocycles. The first-order valence-electron chi connectivity index (χ1n) is 7.31. The number of benzene rings is 2. The van der Waals surface area contributed by atoms with Crippen LogP contribution in [0.4, 0.5) is 0 Å². The van der Waals surface area contributed by atoms with Crippen molar-refractivity contribution in [3.8, 4) is 17.1 Å². The molecule has 128 valence electrons. The topological polar surface area (TPSA) is 82.5 Å². The molecular formula is C18H13Cl2NO4. The number of halogens is 2. The minimum Gasteiger partial charge on any atom is -0.476 e. The zero-order valence-corrected chi connectivity index (χ0v) is 14.6. The number of hydrogen-bond acceptors (Lipinski definition) is 4. The molecule has 5 nitrogen and oxygen atoms in total. The summed E-state index contributed by atoms with van der Waals surface area (Å²) in [7, 11) is 0. The average molecular weight is 378 g/mol. The fraction of sp³-hybridized carbons (Fsp3) is 0.111. The highest BCUT2D eigenvalue weighted by atomic mass is 35.5. The SMILES string of the molecule is Cc1ccc(-c2oc3c(Cl)cc(Cl)cc3c(=O)c2OCC(N)=O)cc1. The number of fused-ring (bicyclic) bond motifs is 1. The Morgan fingerprint density at radius 2 is 1.88 bits per heavy atom. The number of primary amides is 1. The van der Waals surface area contributed by atoms with E-state index < -0.39 is 17.9 Å². The summed E-state index contributed by atoms with van der Waals surface area (Å²) in [5.41, 5.74) is 6.47. The van der Waals surface area contributed by atoms with Gasteiger partial charge in [-0.15, -0.1) is 0 Å². The van der Waals surface area contributed by atoms with Crippen LogP contribution in [0.25, 0.3) is 22.3 Å². The van der Waals surface area contributed by atoms with Crippen molar-refractivity contribution in [2.24, 2.45) is 5.73 Å². The summed E-state index contributed by atoms with van der Waals surface area (Å²) in [4.78, 5) is 23.9. The molecule has 1 amide bonds. The van der Waals surface area contributed by atoms with E-state index in [1.165, 1.54) is 12.1 Å². The molecule has 0 saturated carbocycles. The monoisotopic (exact) mass is 377 g/mol. The van der Waals surface area contributed by atoms with Gasteiger partial charge in [-0.25, -0.2) is 0 Å². The molecule has 0 saturated heterocycles. The summed E-state index contributed by atoms with van der Waals surface area (Å²) in [6, 6.07) is 10.2. The highest BCUT2D eigenvalue weighted by Gasteiger charge is 2.20. The van der Waals surface area contributed by atoms with Gasteiger partial charge in [0.2, 0.25) is 11.2 Å². The van der Waals surface area contributed by atoms with Crippen LogP contribution in [0.3, 0.4) is 0 Å². The van der Waals surface area contributed by atoms with Gasteiger partial charge < -0.3 is 14.9 Å². The highest BCUT2D eigenvalue weighted by molar-refractivity contribution is 6.38. The second-order valence-electron chi connectivity index (χ2n) is 5.47. The van der Waals surface area contributed by atoms with E-state index in [2.05, 4.69) is 0 Å². The predicted molar refractivity (Wildman–Crippen MR) is 97.4 cm³/mol. The molecule has 3 aromatic rings. The van der Waals surface area contributed by atoms with Crippen molar-refractivity contribution in [2.45, 2.75) is 6.92 Å². The van der Waals surface area contributed by atoms with E-state index >= 15 is 0 Å². The molecule has 3 rings (SSSR count). The third-order valence-corrected chi connectivity index (χ3v) is 4.04. The normalized spacial score (nSPS) is 10.8. The molecule has 0 bridgehead atoms. The van der Waals surface area contributed by atoms with Crippen molar-refractivity contribution in [3.05, 3.63) is 62.2 Å². The molecule has 0 fully saturated rings. The summed E-state index contributed by atoms with van der Waals surface area (Å²) in [5, 5.41) is 0.649. The first-order chi connectivity index (χ1) is 11.9. The minimum absolute atomic E-state index is 0.117. The molecular weight excluding hydrogens is 365 g/mol. The van der Waals surface area contributed by atoms with Gasteiger partial charge in [-0.1, -0.05) is 53.0 Å². The molecule has 2 N–H and O–H groups in total. The number of aryl methyl sites for hydroxylation is 1. The maximum absolute atomic E-state index is 12.9. The standard InChI is InChI=1S/C18H13Cl2NO4/c1-9-2-4-10(5-3-9)16-18(24-8-14(21)22)15(23)12-6-11(19)7-13(20)17(12)25-16/h2-7H,8H2,1H3,(H2,21,22). The largest absolute Gasteiger partial charge is 0.476 e. The zero-order valence-electron chi connectivity index (χ0n) is 13.1. The molecule has 0 atom stereocenters. The molecule has 0 unspecified atom stereocenters. The first-order valence-corrected chi connectivity index (χ1v) is 8.06. The van der Waals surface area contributed by atoms with Crippen molar-refractivity contribution in [1.82, 2.24) is 0 Å². The van der Waals surface area contributed by atoms with Gasteiger partial charge in [0, 0.05) is 10.6 Å². The van der Waals surface area contributed by atoms with E-state index in [1.54, 1.807) is 12.1 Å². The van der Waals surface area contributed by atoms with E-state index in [9.17, 15) is 9.59 Å². The van der Waals surface area contributed by atoms with Crippen LogP contribution < -0.4 is 15.9 Å². The summed E-state index contributed by atoms with van der Waals surface area (Å²) < 4.78 is 11.2. The quantitative estimate of drug-likeness (QED) is 0.746. The van der Waals surface area contributed by atoms with Crippen LogP contribution in [0, 0.1) is 6.92 Å². The lowest BCUT2D eigenvalue weighted by atomic mass is 10.1. The number of rotatable bonds is 4. The molecule has 0 aliphatic rings. The van der Waals surface area contributed by atoms with Crippen LogP contribution >= 0.6 is 23.2 Å². The van der Waals surface area contributed by atoms with Crippen LogP contribution in [0.15, 0.2) is 45.6 Å². The second kappa shape index (κ2) is 6.78. The molecule has 1 heterocycles. The van der Waals surface area contributed by atoms with Crippen LogP contribution in [0.5, 0.6) is 5.75 Å². The Morgan fingerprint density at radius 1 is 1.20 bits per heavy atom. The Morgan fingerprint density at radius 3 is 2.52 bits per heavy atom. The van der Waals surface area contributed by atoms with Crippen molar-refractivity contribution >= 4 is 40.1 Å². The van der Waals surface area contributed by atoms with Crippen LogP contribution in [0.1, 0.15) is 5.56 Å². The Bertz CT molecular complexity index is 1030. The Balaban J connectivity index is 2.32. The number of carbonyl (C=O) groups is 1. The van der Waals surface area contributed by atoms with Crippen molar-refractivity contribution in [1.29, 1.82) is 0 Å². The van der Waals surface area contributed by atoms with Crippen molar-refractivity contribution in [2.75, 3.05) is 6.61 Å². The molecule has 7 heteroatoms. The van der Waals surface area contributed by atoms with E-state index in [0.717, 1.165) is 5.56 Å². The molecule has 0 radical (unpaired) electrons. The van der Waals surface area contributed by atoms with E-state index in [1.807, 2.05) is 19.1 Å². The van der Waals surface area contributed by atoms with E-state index in [4.69, 9.17) is 38.1 Å². The Hall–Kier alpha value is -2.50. The Labute approximate surface area is 152 Å². The number of carbonyl (C=O) groups excluding carboxylic acids is 1. The highest BCUT2D eigenvalue weighted by Crippen LogP contribution is 2.35. The van der Waals surface area contributed by atoms with Gasteiger partial charge in [-0.3, -0.25) is 9.59 Å². The third kappa shape index (κ3) is 3.48. The predicted octanol–water partition coefficient (Wildman–Crippen LogP) is 3.94. The van der Waals surface area contributed by atoms with E-state index in [-0.39, 0.29) is 32.5 Å². The van der Waals surface area contributed by atoms with Gasteiger partial charge in [0.05, 0.1) is 10.4 Å². The van der Waals surface area contributed by atoms with Gasteiger partial charge in [-0.05, 0) is 19.1 Å². The van der Waals surface area contributed by atoms with Gasteiger partial charge >= 0.3 is 0 Å². The molecule has 2 aromatic carbocycles. The van der Waals surface area contributed by atoms with Gasteiger partial charge in [0.1, 0.15) is 0 Å². The Kier molecular flexibility index (Phi) is 4.70. The number of ether oxygens (including phenoxy) is 1. The average Bonchev–Trinajstić information content (AvgIpc) is 2.55. The lowest BCUT2D eigenvalue weighted by Gasteiger charge is -2.12. The summed E-state index contributed by atoms with van der Waals surface area (Å²) in [5.74, 6) is -0.657. The fourth-order valence-electron chi connectivity index (χ4n) is 2.38. The number of nitrogens with two attached hydrogens (primary N) is 1. The molecule has 0 spiro atoms. The van der Waals surface area contributed by atoms with Gasteiger partial charge in [-0.2, -0.15) is 0 Å². The maximum Gasteiger partial charge on any atom is 0.255 e. The summed E-state index contributed by atoms with van der Waals surface area (Å²) in [6.07, 6.45) is 0. The minimum atomic E-state index is -0.710. The van der Waals surface area contributed by atoms with Gasteiger partial charge in [0.15, 0.2) is 18.0 Å². The molecule has 1 aromatic heterocycles. The summed E-state index contributed by atoms with van der Waals surface area (Å²) in [6.45, 7) is 1.48. The van der Waals surface area contributed by atoms with Crippen molar-refractivity contribution < 1.29 is 13.9 Å².